The van der Waals surface area contributed by atoms with Gasteiger partial charge in [-0.2, -0.15) is 0 Å². The zero-order valence-electron chi connectivity index (χ0n) is 11.9. The molecule has 1 aromatic carbocycles. The van der Waals surface area contributed by atoms with Crippen molar-refractivity contribution < 1.29 is 14.3 Å². The topological polar surface area (TPSA) is 58.6 Å². The third-order valence-electron chi connectivity index (χ3n) is 2.74. The summed E-state index contributed by atoms with van der Waals surface area (Å²) in [6.07, 6.45) is 1.66. The normalized spacial score (nSPS) is 9.90. The Morgan fingerprint density at radius 2 is 2.00 bits per heavy atom. The number of ketones is 1. The summed E-state index contributed by atoms with van der Waals surface area (Å²) in [5.41, 5.74) is 1.26. The predicted molar refractivity (Wildman–Crippen MR) is 79.1 cm³/mol. The third-order valence-corrected chi connectivity index (χ3v) is 2.74. The Morgan fingerprint density at radius 1 is 1.35 bits per heavy atom. The van der Waals surface area contributed by atoms with Crippen molar-refractivity contribution in [3.63, 3.8) is 0 Å². The fraction of sp³-hybridized carbons (Fsp3) is 0.333. The second-order valence-corrected chi connectivity index (χ2v) is 4.29. The molecule has 0 radical (unpaired) electrons. The van der Waals surface area contributed by atoms with Crippen LogP contribution in [-0.2, 0) is 4.74 Å². The standard InChI is InChI=1S/C15H20N2O3/c1-4-9-17(10-11-20-3)15(19)16-14-7-5-13(6-8-14)12(2)18/h4-8H,1,9-11H2,2-3H3,(H,16,19). The summed E-state index contributed by atoms with van der Waals surface area (Å²) < 4.78 is 4.97. The van der Waals surface area contributed by atoms with Crippen LogP contribution in [0.25, 0.3) is 0 Å². The van der Waals surface area contributed by atoms with E-state index in [-0.39, 0.29) is 11.8 Å². The Kier molecular flexibility index (Phi) is 6.46. The van der Waals surface area contributed by atoms with Gasteiger partial charge in [-0.15, -0.1) is 6.58 Å². The third kappa shape index (κ3) is 4.85. The Bertz CT molecular complexity index is 469. The van der Waals surface area contributed by atoms with Crippen LogP contribution in [0.3, 0.4) is 0 Å². The van der Waals surface area contributed by atoms with Crippen LogP contribution in [0.15, 0.2) is 36.9 Å². The summed E-state index contributed by atoms with van der Waals surface area (Å²) >= 11 is 0. The van der Waals surface area contributed by atoms with E-state index in [0.717, 1.165) is 0 Å². The molecule has 20 heavy (non-hydrogen) atoms. The molecule has 108 valence electrons. The van der Waals surface area contributed by atoms with Crippen molar-refractivity contribution in [1.82, 2.24) is 4.90 Å². The number of methoxy groups -OCH3 is 1. The van der Waals surface area contributed by atoms with Gasteiger partial charge in [0.25, 0.3) is 0 Å². The van der Waals surface area contributed by atoms with Crippen LogP contribution in [0.2, 0.25) is 0 Å². The summed E-state index contributed by atoms with van der Waals surface area (Å²) in [5.74, 6) is -0.00347. The molecule has 5 heteroatoms. The molecular formula is C15H20N2O3. The van der Waals surface area contributed by atoms with E-state index in [9.17, 15) is 9.59 Å². The lowest BCUT2D eigenvalue weighted by Gasteiger charge is -2.21. The average Bonchev–Trinajstić information content (AvgIpc) is 2.43. The molecule has 0 atom stereocenters. The zero-order valence-corrected chi connectivity index (χ0v) is 11.9. The molecule has 0 aliphatic rings. The molecule has 0 heterocycles. The van der Waals surface area contributed by atoms with Crippen LogP contribution in [0, 0.1) is 0 Å². The fourth-order valence-electron chi connectivity index (χ4n) is 1.62. The summed E-state index contributed by atoms with van der Waals surface area (Å²) in [7, 11) is 1.59. The van der Waals surface area contributed by atoms with Gasteiger partial charge in [0.05, 0.1) is 6.61 Å². The van der Waals surface area contributed by atoms with Crippen molar-refractivity contribution in [3.8, 4) is 0 Å². The van der Waals surface area contributed by atoms with E-state index in [1.165, 1.54) is 6.92 Å². The number of rotatable bonds is 7. The van der Waals surface area contributed by atoms with Gasteiger partial charge >= 0.3 is 6.03 Å². The van der Waals surface area contributed by atoms with Crippen LogP contribution in [-0.4, -0.2) is 43.5 Å². The maximum atomic E-state index is 12.1. The van der Waals surface area contributed by atoms with Gasteiger partial charge in [-0.25, -0.2) is 4.79 Å². The van der Waals surface area contributed by atoms with Crippen LogP contribution in [0.5, 0.6) is 0 Å². The van der Waals surface area contributed by atoms with Gasteiger partial charge in [-0.3, -0.25) is 4.79 Å². The SMILES string of the molecule is C=CCN(CCOC)C(=O)Nc1ccc(C(C)=O)cc1. The summed E-state index contributed by atoms with van der Waals surface area (Å²) in [6.45, 7) is 6.53. The van der Waals surface area contributed by atoms with E-state index < -0.39 is 0 Å². The number of carbonyl (C=O) groups excluding carboxylic acids is 2. The molecule has 0 unspecified atom stereocenters. The smallest absolute Gasteiger partial charge is 0.322 e. The summed E-state index contributed by atoms with van der Waals surface area (Å²) in [6, 6.07) is 6.56. The van der Waals surface area contributed by atoms with Crippen LogP contribution < -0.4 is 5.32 Å². The first-order valence-corrected chi connectivity index (χ1v) is 6.35. The van der Waals surface area contributed by atoms with E-state index in [2.05, 4.69) is 11.9 Å². The Hall–Kier alpha value is -2.14. The van der Waals surface area contributed by atoms with Crippen molar-refractivity contribution in [2.24, 2.45) is 0 Å². The van der Waals surface area contributed by atoms with E-state index in [1.807, 2.05) is 0 Å². The molecule has 1 rings (SSSR count). The molecule has 1 N–H and O–H groups in total. The first kappa shape index (κ1) is 15.9. The second-order valence-electron chi connectivity index (χ2n) is 4.29. The lowest BCUT2D eigenvalue weighted by Crippen LogP contribution is -2.37. The molecule has 2 amide bonds. The summed E-state index contributed by atoms with van der Waals surface area (Å²) in [5, 5.41) is 2.77. The maximum Gasteiger partial charge on any atom is 0.322 e. The van der Waals surface area contributed by atoms with E-state index >= 15 is 0 Å². The number of anilines is 1. The minimum absolute atomic E-state index is 0.00347. The molecular weight excluding hydrogens is 256 g/mol. The van der Waals surface area contributed by atoms with Gasteiger partial charge in [0, 0.05) is 31.5 Å². The van der Waals surface area contributed by atoms with Crippen molar-refractivity contribution >= 4 is 17.5 Å². The minimum Gasteiger partial charge on any atom is -0.383 e. The molecule has 1 aromatic rings. The molecule has 0 spiro atoms. The van der Waals surface area contributed by atoms with Gasteiger partial charge in [-0.1, -0.05) is 6.08 Å². The highest BCUT2D eigenvalue weighted by Crippen LogP contribution is 2.11. The average molecular weight is 276 g/mol. The number of Topliss-reactive ketones (excluding diaryl/α,β-unsaturated/α-hetero) is 1. The molecule has 0 fully saturated rings. The quantitative estimate of drug-likeness (QED) is 0.615. The molecule has 0 aliphatic carbocycles. The maximum absolute atomic E-state index is 12.1. The molecule has 0 bridgehead atoms. The number of hydrogen-bond donors (Lipinski definition) is 1. The molecule has 0 aliphatic heterocycles. The van der Waals surface area contributed by atoms with Gasteiger partial charge < -0.3 is 15.0 Å². The number of ether oxygens (including phenoxy) is 1. The first-order valence-electron chi connectivity index (χ1n) is 6.35. The van der Waals surface area contributed by atoms with E-state index in [0.29, 0.717) is 30.9 Å². The predicted octanol–water partition coefficient (Wildman–Crippen LogP) is 2.56. The highest BCUT2D eigenvalue weighted by molar-refractivity contribution is 5.95. The Morgan fingerprint density at radius 3 is 2.50 bits per heavy atom. The van der Waals surface area contributed by atoms with Crippen LogP contribution in [0.1, 0.15) is 17.3 Å². The van der Waals surface area contributed by atoms with Gasteiger partial charge in [-0.05, 0) is 31.2 Å². The fourth-order valence-corrected chi connectivity index (χ4v) is 1.62. The summed E-state index contributed by atoms with van der Waals surface area (Å²) in [4.78, 5) is 24.8. The van der Waals surface area contributed by atoms with Crippen molar-refractivity contribution in [3.05, 3.63) is 42.5 Å². The van der Waals surface area contributed by atoms with Crippen molar-refractivity contribution in [2.45, 2.75) is 6.92 Å². The number of hydrogen-bond acceptors (Lipinski definition) is 3. The highest BCUT2D eigenvalue weighted by atomic mass is 16.5. The first-order chi connectivity index (χ1) is 9.58. The largest absolute Gasteiger partial charge is 0.383 e. The molecule has 0 saturated heterocycles. The highest BCUT2D eigenvalue weighted by Gasteiger charge is 2.11. The number of nitrogens with one attached hydrogen (secondary N) is 1. The van der Waals surface area contributed by atoms with Crippen molar-refractivity contribution in [2.75, 3.05) is 32.1 Å². The van der Waals surface area contributed by atoms with Crippen LogP contribution in [0.4, 0.5) is 10.5 Å². The monoisotopic (exact) mass is 276 g/mol. The molecule has 5 nitrogen and oxygen atoms in total. The van der Waals surface area contributed by atoms with Gasteiger partial charge in [0.2, 0.25) is 0 Å². The number of amides is 2. The Balaban J connectivity index is 2.66. The molecule has 0 aromatic heterocycles. The van der Waals surface area contributed by atoms with Crippen LogP contribution >= 0.6 is 0 Å². The van der Waals surface area contributed by atoms with Gasteiger partial charge in [0.15, 0.2) is 5.78 Å². The van der Waals surface area contributed by atoms with Gasteiger partial charge in [0.1, 0.15) is 0 Å². The number of benzene rings is 1. The minimum atomic E-state index is -0.225. The second kappa shape index (κ2) is 8.12. The van der Waals surface area contributed by atoms with Crippen molar-refractivity contribution in [1.29, 1.82) is 0 Å². The number of carbonyl (C=O) groups is 2. The number of nitrogens with zero attached hydrogens (tertiary/aromatic N) is 1. The van der Waals surface area contributed by atoms with E-state index in [1.54, 1.807) is 42.4 Å². The zero-order chi connectivity index (χ0) is 15.0. The number of urea groups is 1. The lowest BCUT2D eigenvalue weighted by molar-refractivity contribution is 0.101. The van der Waals surface area contributed by atoms with E-state index in [4.69, 9.17) is 4.74 Å². The Labute approximate surface area is 119 Å². The molecule has 0 saturated carbocycles. The lowest BCUT2D eigenvalue weighted by atomic mass is 10.1.